The van der Waals surface area contributed by atoms with Crippen molar-refractivity contribution in [3.05, 3.63) is 0 Å². The molecule has 1 spiro atoms. The van der Waals surface area contributed by atoms with Gasteiger partial charge in [-0.15, -0.1) is 0 Å². The van der Waals surface area contributed by atoms with Gasteiger partial charge in [0.2, 0.25) is 0 Å². The molecule has 0 aromatic rings. The van der Waals surface area contributed by atoms with Crippen LogP contribution in [0.15, 0.2) is 0 Å². The van der Waals surface area contributed by atoms with Gasteiger partial charge in [0.05, 0.1) is 24.4 Å². The molecule has 0 amide bonds. The standard InChI is InChI=1S/C15H26O3/c1-17-11-5-4-6-12(9-11)18-14-10-13(16)15(14)7-2-3-8-15/h11-14,16H,2-10H2,1H3. The summed E-state index contributed by atoms with van der Waals surface area (Å²) in [6, 6.07) is 0. The maximum absolute atomic E-state index is 10.1. The molecule has 0 bridgehead atoms. The summed E-state index contributed by atoms with van der Waals surface area (Å²) in [5.74, 6) is 0. The van der Waals surface area contributed by atoms with E-state index in [4.69, 9.17) is 9.47 Å². The third-order valence-electron chi connectivity index (χ3n) is 5.54. The zero-order chi connectivity index (χ0) is 12.6. The fraction of sp³-hybridized carbons (Fsp3) is 1.00. The monoisotopic (exact) mass is 254 g/mol. The van der Waals surface area contributed by atoms with Crippen LogP contribution < -0.4 is 0 Å². The molecule has 3 nitrogen and oxygen atoms in total. The maximum atomic E-state index is 10.1. The van der Waals surface area contributed by atoms with Crippen LogP contribution in [0.25, 0.3) is 0 Å². The normalized spacial score (nSPS) is 43.0. The molecule has 3 heteroatoms. The number of aliphatic hydroxyl groups excluding tert-OH is 1. The Morgan fingerprint density at radius 1 is 1.00 bits per heavy atom. The van der Waals surface area contributed by atoms with Crippen molar-refractivity contribution in [2.24, 2.45) is 5.41 Å². The number of methoxy groups -OCH3 is 1. The van der Waals surface area contributed by atoms with Crippen molar-refractivity contribution in [2.45, 2.75) is 82.2 Å². The van der Waals surface area contributed by atoms with Crippen molar-refractivity contribution in [2.75, 3.05) is 7.11 Å². The maximum Gasteiger partial charge on any atom is 0.0684 e. The van der Waals surface area contributed by atoms with E-state index in [1.165, 1.54) is 44.9 Å². The quantitative estimate of drug-likeness (QED) is 0.841. The summed E-state index contributed by atoms with van der Waals surface area (Å²) in [7, 11) is 1.80. The van der Waals surface area contributed by atoms with E-state index in [-0.39, 0.29) is 11.5 Å². The zero-order valence-electron chi connectivity index (χ0n) is 11.4. The van der Waals surface area contributed by atoms with Crippen molar-refractivity contribution in [3.8, 4) is 0 Å². The van der Waals surface area contributed by atoms with Crippen LogP contribution in [0.3, 0.4) is 0 Å². The van der Waals surface area contributed by atoms with Gasteiger partial charge in [0.15, 0.2) is 0 Å². The van der Waals surface area contributed by atoms with E-state index in [1.54, 1.807) is 7.11 Å². The van der Waals surface area contributed by atoms with Gasteiger partial charge in [-0.3, -0.25) is 0 Å². The van der Waals surface area contributed by atoms with Crippen LogP contribution in [0.5, 0.6) is 0 Å². The highest BCUT2D eigenvalue weighted by Crippen LogP contribution is 2.55. The Kier molecular flexibility index (Phi) is 3.65. The summed E-state index contributed by atoms with van der Waals surface area (Å²) in [4.78, 5) is 0. The van der Waals surface area contributed by atoms with Gasteiger partial charge in [-0.2, -0.15) is 0 Å². The summed E-state index contributed by atoms with van der Waals surface area (Å²) in [6.45, 7) is 0. The minimum Gasteiger partial charge on any atom is -0.392 e. The molecule has 3 rings (SSSR count). The molecule has 0 radical (unpaired) electrons. The summed E-state index contributed by atoms with van der Waals surface area (Å²) in [5, 5.41) is 10.1. The van der Waals surface area contributed by atoms with Crippen LogP contribution in [0.4, 0.5) is 0 Å². The second-order valence-electron chi connectivity index (χ2n) is 6.46. The lowest BCUT2D eigenvalue weighted by Gasteiger charge is -2.52. The summed E-state index contributed by atoms with van der Waals surface area (Å²) in [6.07, 6.45) is 11.3. The molecule has 104 valence electrons. The van der Waals surface area contributed by atoms with Gasteiger partial charge in [0, 0.05) is 18.9 Å². The van der Waals surface area contributed by atoms with Crippen LogP contribution in [0, 0.1) is 5.41 Å². The second-order valence-corrected chi connectivity index (χ2v) is 6.46. The van der Waals surface area contributed by atoms with Crippen LogP contribution in [-0.4, -0.2) is 36.6 Å². The van der Waals surface area contributed by atoms with Gasteiger partial charge in [-0.25, -0.2) is 0 Å². The predicted molar refractivity (Wildman–Crippen MR) is 69.5 cm³/mol. The van der Waals surface area contributed by atoms with Gasteiger partial charge in [0.25, 0.3) is 0 Å². The second kappa shape index (κ2) is 5.10. The molecule has 0 aromatic carbocycles. The van der Waals surface area contributed by atoms with Gasteiger partial charge in [-0.05, 0) is 38.5 Å². The molecule has 0 heterocycles. The van der Waals surface area contributed by atoms with Crippen molar-refractivity contribution in [3.63, 3.8) is 0 Å². The molecule has 0 aromatic heterocycles. The molecule has 4 atom stereocenters. The highest BCUT2D eigenvalue weighted by atomic mass is 16.5. The Bertz CT molecular complexity index is 285. The van der Waals surface area contributed by atoms with Crippen LogP contribution in [0.1, 0.15) is 57.8 Å². The first-order chi connectivity index (χ1) is 8.74. The largest absolute Gasteiger partial charge is 0.392 e. The van der Waals surface area contributed by atoms with E-state index in [0.29, 0.717) is 18.3 Å². The molecule has 1 N–H and O–H groups in total. The third-order valence-corrected chi connectivity index (χ3v) is 5.54. The topological polar surface area (TPSA) is 38.7 Å². The molecule has 18 heavy (non-hydrogen) atoms. The van der Waals surface area contributed by atoms with E-state index >= 15 is 0 Å². The molecular formula is C15H26O3. The highest BCUT2D eigenvalue weighted by Gasteiger charge is 2.56. The van der Waals surface area contributed by atoms with Gasteiger partial charge in [0.1, 0.15) is 0 Å². The van der Waals surface area contributed by atoms with Crippen molar-refractivity contribution in [1.82, 2.24) is 0 Å². The average Bonchev–Trinajstić information content (AvgIpc) is 2.91. The summed E-state index contributed by atoms with van der Waals surface area (Å²) < 4.78 is 11.8. The fourth-order valence-electron chi connectivity index (χ4n) is 4.28. The molecule has 3 aliphatic rings. The SMILES string of the molecule is COC1CCCC(OC2CC(O)C23CCCC3)C1. The van der Waals surface area contributed by atoms with Gasteiger partial charge >= 0.3 is 0 Å². The molecular weight excluding hydrogens is 228 g/mol. The van der Waals surface area contributed by atoms with Crippen LogP contribution >= 0.6 is 0 Å². The lowest BCUT2D eigenvalue weighted by atomic mass is 9.62. The molecule has 0 aliphatic heterocycles. The third kappa shape index (κ3) is 2.10. The lowest BCUT2D eigenvalue weighted by Crippen LogP contribution is -2.57. The van der Waals surface area contributed by atoms with Crippen molar-refractivity contribution in [1.29, 1.82) is 0 Å². The van der Waals surface area contributed by atoms with Gasteiger partial charge < -0.3 is 14.6 Å². The van der Waals surface area contributed by atoms with Crippen molar-refractivity contribution >= 4 is 0 Å². The smallest absolute Gasteiger partial charge is 0.0684 e. The minimum absolute atomic E-state index is 0.105. The Morgan fingerprint density at radius 2 is 1.72 bits per heavy atom. The van der Waals surface area contributed by atoms with Gasteiger partial charge in [-0.1, -0.05) is 12.8 Å². The molecule has 3 fully saturated rings. The summed E-state index contributed by atoms with van der Waals surface area (Å²) >= 11 is 0. The first-order valence-electron chi connectivity index (χ1n) is 7.61. The highest BCUT2D eigenvalue weighted by molar-refractivity contribution is 5.06. The van der Waals surface area contributed by atoms with E-state index < -0.39 is 0 Å². The first-order valence-corrected chi connectivity index (χ1v) is 7.61. The van der Waals surface area contributed by atoms with E-state index in [0.717, 1.165) is 12.8 Å². The minimum atomic E-state index is -0.105. The van der Waals surface area contributed by atoms with Crippen LogP contribution in [-0.2, 0) is 9.47 Å². The predicted octanol–water partition coefficient (Wildman–Crippen LogP) is 2.65. The molecule has 0 saturated heterocycles. The number of hydrogen-bond acceptors (Lipinski definition) is 3. The average molecular weight is 254 g/mol. The number of rotatable bonds is 3. The lowest BCUT2D eigenvalue weighted by molar-refractivity contribution is -0.215. The van der Waals surface area contributed by atoms with E-state index in [1.807, 2.05) is 0 Å². The van der Waals surface area contributed by atoms with E-state index in [9.17, 15) is 5.11 Å². The summed E-state index contributed by atoms with van der Waals surface area (Å²) in [5.41, 5.74) is 0.125. The number of hydrogen-bond donors (Lipinski definition) is 1. The Balaban J connectivity index is 1.56. The van der Waals surface area contributed by atoms with Crippen molar-refractivity contribution < 1.29 is 14.6 Å². The Hall–Kier alpha value is -0.120. The number of ether oxygens (including phenoxy) is 2. The Labute approximate surface area is 110 Å². The zero-order valence-corrected chi connectivity index (χ0v) is 11.4. The molecule has 3 saturated carbocycles. The fourth-order valence-corrected chi connectivity index (χ4v) is 4.28. The van der Waals surface area contributed by atoms with Crippen LogP contribution in [0.2, 0.25) is 0 Å². The number of aliphatic hydroxyl groups is 1. The molecule has 4 unspecified atom stereocenters. The first kappa shape index (κ1) is 12.9. The molecule has 3 aliphatic carbocycles. The Morgan fingerprint density at radius 3 is 2.39 bits per heavy atom. The van der Waals surface area contributed by atoms with E-state index in [2.05, 4.69) is 0 Å².